The molecule has 1 rings (SSSR count). The SMILES string of the molecule is COC(=O)C(=O)CC(=O)COc1c(C)cccc1C. The molecule has 0 saturated heterocycles. The maximum atomic E-state index is 11.5. The van der Waals surface area contributed by atoms with Gasteiger partial charge in [0, 0.05) is 0 Å². The fourth-order valence-electron chi connectivity index (χ4n) is 1.60. The molecule has 0 aliphatic rings. The molecule has 1 aromatic rings. The largest absolute Gasteiger partial charge is 0.485 e. The van der Waals surface area contributed by atoms with Gasteiger partial charge in [-0.05, 0) is 25.0 Å². The van der Waals surface area contributed by atoms with Gasteiger partial charge in [-0.2, -0.15) is 0 Å². The third-order valence-electron chi connectivity index (χ3n) is 2.56. The van der Waals surface area contributed by atoms with Crippen LogP contribution in [0.3, 0.4) is 0 Å². The highest BCUT2D eigenvalue weighted by Gasteiger charge is 2.18. The van der Waals surface area contributed by atoms with Gasteiger partial charge in [-0.3, -0.25) is 9.59 Å². The maximum Gasteiger partial charge on any atom is 0.374 e. The Bertz CT molecular complexity index is 484. The van der Waals surface area contributed by atoms with Crippen LogP contribution in [0.5, 0.6) is 5.75 Å². The van der Waals surface area contributed by atoms with Crippen LogP contribution >= 0.6 is 0 Å². The first-order valence-corrected chi connectivity index (χ1v) is 5.77. The van der Waals surface area contributed by atoms with Crippen LogP contribution in [0.2, 0.25) is 0 Å². The van der Waals surface area contributed by atoms with E-state index in [0.29, 0.717) is 5.75 Å². The van der Waals surface area contributed by atoms with Crippen molar-refractivity contribution in [3.8, 4) is 5.75 Å². The van der Waals surface area contributed by atoms with E-state index in [1.165, 1.54) is 0 Å². The Balaban J connectivity index is 2.56. The van der Waals surface area contributed by atoms with Gasteiger partial charge in [0.25, 0.3) is 0 Å². The number of para-hydroxylation sites is 1. The van der Waals surface area contributed by atoms with Crippen molar-refractivity contribution in [3.05, 3.63) is 29.3 Å². The number of carbonyl (C=O) groups excluding carboxylic acids is 3. The van der Waals surface area contributed by atoms with E-state index in [2.05, 4.69) is 4.74 Å². The Morgan fingerprint density at radius 1 is 1.11 bits per heavy atom. The predicted molar refractivity (Wildman–Crippen MR) is 68.1 cm³/mol. The van der Waals surface area contributed by atoms with Crippen molar-refractivity contribution in [3.63, 3.8) is 0 Å². The van der Waals surface area contributed by atoms with Crippen molar-refractivity contribution >= 4 is 17.5 Å². The summed E-state index contributed by atoms with van der Waals surface area (Å²) in [5, 5.41) is 0. The van der Waals surface area contributed by atoms with E-state index in [1.807, 2.05) is 32.0 Å². The topological polar surface area (TPSA) is 69.7 Å². The molecule has 0 aromatic heterocycles. The molecular formula is C14H16O5. The number of rotatable bonds is 6. The lowest BCUT2D eigenvalue weighted by Crippen LogP contribution is -2.22. The molecule has 0 bridgehead atoms. The molecule has 0 radical (unpaired) electrons. The minimum Gasteiger partial charge on any atom is -0.485 e. The van der Waals surface area contributed by atoms with Gasteiger partial charge in [-0.1, -0.05) is 18.2 Å². The summed E-state index contributed by atoms with van der Waals surface area (Å²) in [5.41, 5.74) is 1.82. The highest BCUT2D eigenvalue weighted by atomic mass is 16.5. The molecule has 0 spiro atoms. The van der Waals surface area contributed by atoms with E-state index in [-0.39, 0.29) is 6.61 Å². The molecule has 0 amide bonds. The molecule has 0 aliphatic carbocycles. The summed E-state index contributed by atoms with van der Waals surface area (Å²) in [6.07, 6.45) is -0.502. The molecule has 0 N–H and O–H groups in total. The lowest BCUT2D eigenvalue weighted by Gasteiger charge is -2.10. The number of hydrogen-bond acceptors (Lipinski definition) is 5. The Morgan fingerprint density at radius 3 is 2.21 bits per heavy atom. The Kier molecular flexibility index (Phi) is 5.23. The standard InChI is InChI=1S/C14H16O5/c1-9-5-4-6-10(2)13(9)19-8-11(15)7-12(16)14(17)18-3/h4-6H,7-8H2,1-3H3. The number of esters is 1. The van der Waals surface area contributed by atoms with Gasteiger partial charge in [0.1, 0.15) is 12.4 Å². The van der Waals surface area contributed by atoms with Crippen molar-refractivity contribution in [1.29, 1.82) is 0 Å². The summed E-state index contributed by atoms with van der Waals surface area (Å²) < 4.78 is 9.62. The molecule has 5 heteroatoms. The van der Waals surface area contributed by atoms with Gasteiger partial charge in [-0.15, -0.1) is 0 Å². The van der Waals surface area contributed by atoms with Gasteiger partial charge < -0.3 is 9.47 Å². The van der Waals surface area contributed by atoms with E-state index in [1.54, 1.807) is 0 Å². The number of ketones is 2. The van der Waals surface area contributed by atoms with E-state index in [0.717, 1.165) is 18.2 Å². The van der Waals surface area contributed by atoms with Gasteiger partial charge in [-0.25, -0.2) is 4.79 Å². The number of hydrogen-bond donors (Lipinski definition) is 0. The maximum absolute atomic E-state index is 11.5. The second-order valence-electron chi connectivity index (χ2n) is 4.14. The molecule has 1 aromatic carbocycles. The average Bonchev–Trinajstić information content (AvgIpc) is 2.37. The number of carbonyl (C=O) groups is 3. The molecule has 0 atom stereocenters. The molecule has 0 aliphatic heterocycles. The first kappa shape index (κ1) is 14.9. The molecule has 5 nitrogen and oxygen atoms in total. The van der Waals surface area contributed by atoms with Crippen LogP contribution in [-0.4, -0.2) is 31.3 Å². The second kappa shape index (κ2) is 6.68. The van der Waals surface area contributed by atoms with Crippen molar-refractivity contribution < 1.29 is 23.9 Å². The number of Topliss-reactive ketones (excluding diaryl/α,β-unsaturated/α-hetero) is 2. The van der Waals surface area contributed by atoms with E-state index >= 15 is 0 Å². The van der Waals surface area contributed by atoms with Crippen LogP contribution in [0, 0.1) is 13.8 Å². The van der Waals surface area contributed by atoms with Gasteiger partial charge in [0.2, 0.25) is 5.78 Å². The van der Waals surface area contributed by atoms with Crippen molar-refractivity contribution in [2.45, 2.75) is 20.3 Å². The third kappa shape index (κ3) is 4.21. The Morgan fingerprint density at radius 2 is 1.68 bits per heavy atom. The summed E-state index contributed by atoms with van der Waals surface area (Å²) >= 11 is 0. The van der Waals surface area contributed by atoms with Crippen LogP contribution in [0.4, 0.5) is 0 Å². The molecule has 0 fully saturated rings. The van der Waals surface area contributed by atoms with E-state index in [9.17, 15) is 14.4 Å². The first-order valence-electron chi connectivity index (χ1n) is 5.77. The molecule has 102 valence electrons. The lowest BCUT2D eigenvalue weighted by atomic mass is 10.1. The summed E-state index contributed by atoms with van der Waals surface area (Å²) in [5.74, 6) is -1.71. The van der Waals surface area contributed by atoms with Crippen LogP contribution in [0.25, 0.3) is 0 Å². The van der Waals surface area contributed by atoms with Gasteiger partial charge in [0.15, 0.2) is 5.78 Å². The quantitative estimate of drug-likeness (QED) is 0.441. The normalized spacial score (nSPS) is 9.84. The summed E-state index contributed by atoms with van der Waals surface area (Å²) in [6, 6.07) is 5.62. The van der Waals surface area contributed by atoms with Crippen molar-refractivity contribution in [2.75, 3.05) is 13.7 Å². The van der Waals surface area contributed by atoms with Crippen molar-refractivity contribution in [2.24, 2.45) is 0 Å². The molecule has 0 saturated carbocycles. The molecular weight excluding hydrogens is 248 g/mol. The number of methoxy groups -OCH3 is 1. The van der Waals surface area contributed by atoms with Crippen LogP contribution in [0.15, 0.2) is 18.2 Å². The molecule has 0 unspecified atom stereocenters. The number of benzene rings is 1. The Hall–Kier alpha value is -2.17. The minimum absolute atomic E-state index is 0.242. The average molecular weight is 264 g/mol. The summed E-state index contributed by atoms with van der Waals surface area (Å²) in [6.45, 7) is 3.49. The van der Waals surface area contributed by atoms with Gasteiger partial charge >= 0.3 is 5.97 Å². The smallest absolute Gasteiger partial charge is 0.374 e. The zero-order valence-corrected chi connectivity index (χ0v) is 11.2. The first-order chi connectivity index (χ1) is 8.95. The summed E-state index contributed by atoms with van der Waals surface area (Å²) in [7, 11) is 1.10. The fourth-order valence-corrected chi connectivity index (χ4v) is 1.60. The molecule has 19 heavy (non-hydrogen) atoms. The van der Waals surface area contributed by atoms with Crippen LogP contribution < -0.4 is 4.74 Å². The van der Waals surface area contributed by atoms with E-state index < -0.39 is 24.0 Å². The van der Waals surface area contributed by atoms with Gasteiger partial charge in [0.05, 0.1) is 13.5 Å². The van der Waals surface area contributed by atoms with Crippen LogP contribution in [0.1, 0.15) is 17.5 Å². The third-order valence-corrected chi connectivity index (χ3v) is 2.56. The minimum atomic E-state index is -1.01. The zero-order valence-electron chi connectivity index (χ0n) is 11.2. The number of aryl methyl sites for hydroxylation is 2. The van der Waals surface area contributed by atoms with Crippen LogP contribution in [-0.2, 0) is 19.1 Å². The summed E-state index contributed by atoms with van der Waals surface area (Å²) in [4.78, 5) is 33.6. The highest BCUT2D eigenvalue weighted by Crippen LogP contribution is 2.22. The highest BCUT2D eigenvalue weighted by molar-refractivity contribution is 6.37. The predicted octanol–water partition coefficient (Wildman–Crippen LogP) is 1.38. The fraction of sp³-hybridized carbons (Fsp3) is 0.357. The lowest BCUT2D eigenvalue weighted by molar-refractivity contribution is -0.152. The van der Waals surface area contributed by atoms with E-state index in [4.69, 9.17) is 4.74 Å². The Labute approximate surface area is 111 Å². The van der Waals surface area contributed by atoms with Crippen molar-refractivity contribution in [1.82, 2.24) is 0 Å². The molecule has 0 heterocycles. The number of ether oxygens (including phenoxy) is 2. The zero-order chi connectivity index (χ0) is 14.4. The second-order valence-corrected chi connectivity index (χ2v) is 4.14. The monoisotopic (exact) mass is 264 g/mol.